The molecule has 0 unspecified atom stereocenters. The number of anilines is 1. The third kappa shape index (κ3) is 3.06. The summed E-state index contributed by atoms with van der Waals surface area (Å²) < 4.78 is 35.1. The summed E-state index contributed by atoms with van der Waals surface area (Å²) in [4.78, 5) is 0. The molecular formula is C14H15BrN2O3S. The molecule has 1 fully saturated rings. The molecule has 0 amide bonds. The lowest BCUT2D eigenvalue weighted by atomic mass is 10.1. The van der Waals surface area contributed by atoms with E-state index in [4.69, 9.17) is 4.74 Å². The maximum atomic E-state index is 12.4. The van der Waals surface area contributed by atoms with Crippen molar-refractivity contribution < 1.29 is 13.2 Å². The molecule has 1 aliphatic rings. The Balaban J connectivity index is 1.96. The van der Waals surface area contributed by atoms with Crippen LogP contribution in [0, 0.1) is 0 Å². The second-order valence-corrected chi connectivity index (χ2v) is 7.28. The molecule has 2 aromatic carbocycles. The van der Waals surface area contributed by atoms with Gasteiger partial charge in [-0.1, -0.05) is 40.2 Å². The normalized spacial score (nSPS) is 17.0. The molecule has 112 valence electrons. The van der Waals surface area contributed by atoms with Gasteiger partial charge in [0.05, 0.1) is 18.9 Å². The first-order valence-electron chi connectivity index (χ1n) is 6.61. The molecule has 5 nitrogen and oxygen atoms in total. The van der Waals surface area contributed by atoms with Crippen LogP contribution >= 0.6 is 15.9 Å². The Labute approximate surface area is 132 Å². The van der Waals surface area contributed by atoms with Gasteiger partial charge in [-0.3, -0.25) is 4.72 Å². The van der Waals surface area contributed by atoms with E-state index >= 15 is 0 Å². The van der Waals surface area contributed by atoms with Gasteiger partial charge in [0.1, 0.15) is 0 Å². The fraction of sp³-hybridized carbons (Fsp3) is 0.286. The van der Waals surface area contributed by atoms with E-state index in [9.17, 15) is 8.42 Å². The monoisotopic (exact) mass is 370 g/mol. The minimum absolute atomic E-state index is 0.379. The van der Waals surface area contributed by atoms with Crippen LogP contribution in [-0.4, -0.2) is 39.0 Å². The van der Waals surface area contributed by atoms with E-state index in [1.54, 1.807) is 6.07 Å². The van der Waals surface area contributed by atoms with Gasteiger partial charge in [-0.25, -0.2) is 0 Å². The number of nitrogens with one attached hydrogen (secondary N) is 1. The number of nitrogens with zero attached hydrogens (tertiary/aromatic N) is 1. The predicted molar refractivity (Wildman–Crippen MR) is 86.6 cm³/mol. The van der Waals surface area contributed by atoms with Gasteiger partial charge in [-0.2, -0.15) is 12.7 Å². The van der Waals surface area contributed by atoms with Crippen LogP contribution in [0.5, 0.6) is 0 Å². The molecule has 0 saturated carbocycles. The highest BCUT2D eigenvalue weighted by molar-refractivity contribution is 9.10. The molecule has 1 heterocycles. The highest BCUT2D eigenvalue weighted by atomic mass is 79.9. The van der Waals surface area contributed by atoms with Crippen LogP contribution in [0.1, 0.15) is 0 Å². The number of fused-ring (bicyclic) bond motifs is 1. The molecule has 0 bridgehead atoms. The molecule has 0 aliphatic carbocycles. The number of rotatable bonds is 3. The second kappa shape index (κ2) is 5.92. The van der Waals surface area contributed by atoms with Crippen molar-refractivity contribution in [3.63, 3.8) is 0 Å². The van der Waals surface area contributed by atoms with Gasteiger partial charge >= 0.3 is 10.2 Å². The first kappa shape index (κ1) is 14.8. The van der Waals surface area contributed by atoms with Crippen molar-refractivity contribution in [1.82, 2.24) is 4.31 Å². The van der Waals surface area contributed by atoms with Crippen molar-refractivity contribution in [3.05, 3.63) is 40.9 Å². The fourth-order valence-electron chi connectivity index (χ4n) is 2.34. The van der Waals surface area contributed by atoms with Crippen LogP contribution in [0.15, 0.2) is 40.9 Å². The topological polar surface area (TPSA) is 58.6 Å². The summed E-state index contributed by atoms with van der Waals surface area (Å²) >= 11 is 3.48. The number of benzene rings is 2. The lowest BCUT2D eigenvalue weighted by Crippen LogP contribution is -2.43. The zero-order valence-electron chi connectivity index (χ0n) is 11.3. The number of hydrogen-bond acceptors (Lipinski definition) is 3. The molecule has 1 aliphatic heterocycles. The maximum absolute atomic E-state index is 12.4. The van der Waals surface area contributed by atoms with Crippen molar-refractivity contribution in [1.29, 1.82) is 0 Å². The minimum Gasteiger partial charge on any atom is -0.379 e. The Kier molecular flexibility index (Phi) is 4.17. The zero-order chi connectivity index (χ0) is 14.9. The van der Waals surface area contributed by atoms with Gasteiger partial charge < -0.3 is 4.74 Å². The third-order valence-corrected chi connectivity index (χ3v) is 5.63. The van der Waals surface area contributed by atoms with E-state index in [1.165, 1.54) is 4.31 Å². The molecule has 0 atom stereocenters. The van der Waals surface area contributed by atoms with Gasteiger partial charge in [-0.05, 0) is 17.5 Å². The molecular weight excluding hydrogens is 356 g/mol. The average Bonchev–Trinajstić information content (AvgIpc) is 2.51. The van der Waals surface area contributed by atoms with Gasteiger partial charge in [0.15, 0.2) is 0 Å². The Hall–Kier alpha value is -1.15. The molecule has 1 N–H and O–H groups in total. The first-order chi connectivity index (χ1) is 10.1. The Morgan fingerprint density at radius 1 is 1.05 bits per heavy atom. The maximum Gasteiger partial charge on any atom is 0.301 e. The highest BCUT2D eigenvalue weighted by Crippen LogP contribution is 2.30. The second-order valence-electron chi connectivity index (χ2n) is 4.76. The SMILES string of the molecule is O=S(=O)(Nc1ccc(Br)c2ccccc12)N1CCOCC1. The summed E-state index contributed by atoms with van der Waals surface area (Å²) in [7, 11) is -3.55. The number of halogens is 1. The third-order valence-electron chi connectivity index (χ3n) is 3.42. The van der Waals surface area contributed by atoms with Crippen LogP contribution in [-0.2, 0) is 14.9 Å². The molecule has 3 rings (SSSR count). The van der Waals surface area contributed by atoms with Gasteiger partial charge in [0, 0.05) is 22.9 Å². The van der Waals surface area contributed by atoms with Crippen molar-refractivity contribution in [2.75, 3.05) is 31.0 Å². The van der Waals surface area contributed by atoms with Crippen molar-refractivity contribution in [3.8, 4) is 0 Å². The lowest BCUT2D eigenvalue weighted by Gasteiger charge is -2.26. The lowest BCUT2D eigenvalue weighted by molar-refractivity contribution is 0.0733. The van der Waals surface area contributed by atoms with Gasteiger partial charge in [0.25, 0.3) is 0 Å². The molecule has 7 heteroatoms. The van der Waals surface area contributed by atoms with Gasteiger partial charge in [0.2, 0.25) is 0 Å². The standard InChI is InChI=1S/C14H15BrN2O3S/c15-13-5-6-14(12-4-2-1-3-11(12)13)16-21(18,19)17-7-9-20-10-8-17/h1-6,16H,7-10H2. The Morgan fingerprint density at radius 3 is 2.43 bits per heavy atom. The summed E-state index contributed by atoms with van der Waals surface area (Å²) in [5.74, 6) is 0. The van der Waals surface area contributed by atoms with E-state index < -0.39 is 10.2 Å². The van der Waals surface area contributed by atoms with Crippen LogP contribution < -0.4 is 4.72 Å². The van der Waals surface area contributed by atoms with Crippen LogP contribution in [0.2, 0.25) is 0 Å². The van der Waals surface area contributed by atoms with Crippen LogP contribution in [0.4, 0.5) is 5.69 Å². The molecule has 0 spiro atoms. The van der Waals surface area contributed by atoms with Gasteiger partial charge in [-0.15, -0.1) is 0 Å². The van der Waals surface area contributed by atoms with E-state index in [2.05, 4.69) is 20.7 Å². The Morgan fingerprint density at radius 2 is 1.71 bits per heavy atom. The quantitative estimate of drug-likeness (QED) is 0.903. The smallest absolute Gasteiger partial charge is 0.301 e. The summed E-state index contributed by atoms with van der Waals surface area (Å²) in [5, 5.41) is 1.84. The van der Waals surface area contributed by atoms with Crippen molar-refractivity contribution >= 4 is 42.6 Å². The van der Waals surface area contributed by atoms with E-state index in [0.717, 1.165) is 15.2 Å². The van der Waals surface area contributed by atoms with E-state index in [-0.39, 0.29) is 0 Å². The number of ether oxygens (including phenoxy) is 1. The first-order valence-corrected chi connectivity index (χ1v) is 8.84. The minimum atomic E-state index is -3.55. The zero-order valence-corrected chi connectivity index (χ0v) is 13.7. The molecule has 21 heavy (non-hydrogen) atoms. The molecule has 2 aromatic rings. The fourth-order valence-corrected chi connectivity index (χ4v) is 4.03. The Bertz CT molecular complexity index is 758. The van der Waals surface area contributed by atoms with Crippen molar-refractivity contribution in [2.24, 2.45) is 0 Å². The van der Waals surface area contributed by atoms with Crippen LogP contribution in [0.3, 0.4) is 0 Å². The number of hydrogen-bond donors (Lipinski definition) is 1. The summed E-state index contributed by atoms with van der Waals surface area (Å²) in [6.07, 6.45) is 0. The summed E-state index contributed by atoms with van der Waals surface area (Å²) in [5.41, 5.74) is 0.584. The highest BCUT2D eigenvalue weighted by Gasteiger charge is 2.24. The average molecular weight is 371 g/mol. The molecule has 0 aromatic heterocycles. The predicted octanol–water partition coefficient (Wildman–Crippen LogP) is 2.59. The molecule has 0 radical (unpaired) electrons. The number of morpholine rings is 1. The van der Waals surface area contributed by atoms with Crippen LogP contribution in [0.25, 0.3) is 10.8 Å². The summed E-state index contributed by atoms with van der Waals surface area (Å²) in [6.45, 7) is 1.62. The van der Waals surface area contributed by atoms with Crippen molar-refractivity contribution in [2.45, 2.75) is 0 Å². The summed E-state index contributed by atoms with van der Waals surface area (Å²) in [6, 6.07) is 11.3. The van der Waals surface area contributed by atoms with E-state index in [0.29, 0.717) is 32.0 Å². The largest absolute Gasteiger partial charge is 0.379 e. The van der Waals surface area contributed by atoms with E-state index in [1.807, 2.05) is 30.3 Å². The molecule has 1 saturated heterocycles.